The third kappa shape index (κ3) is 3.32. The number of anilines is 1. The Morgan fingerprint density at radius 1 is 1.21 bits per heavy atom. The summed E-state index contributed by atoms with van der Waals surface area (Å²) in [6.45, 7) is 1.60. The van der Waals surface area contributed by atoms with Crippen LogP contribution in [0.3, 0.4) is 0 Å². The molecule has 0 fully saturated rings. The summed E-state index contributed by atoms with van der Waals surface area (Å²) >= 11 is 3.36. The second-order valence-electron chi connectivity index (χ2n) is 4.11. The molecule has 19 heavy (non-hydrogen) atoms. The zero-order valence-electron chi connectivity index (χ0n) is 10.4. The molecule has 0 aliphatic rings. The molecule has 5 heteroatoms. The third-order valence-electron chi connectivity index (χ3n) is 2.65. The minimum Gasteiger partial charge on any atom is -0.336 e. The summed E-state index contributed by atoms with van der Waals surface area (Å²) < 4.78 is 2.46. The van der Waals surface area contributed by atoms with Gasteiger partial charge < -0.3 is 9.88 Å². The van der Waals surface area contributed by atoms with Crippen molar-refractivity contribution in [3.05, 3.63) is 52.8 Å². The van der Waals surface area contributed by atoms with Gasteiger partial charge in [0, 0.05) is 17.6 Å². The van der Waals surface area contributed by atoms with Crippen molar-refractivity contribution in [2.45, 2.75) is 13.5 Å². The normalized spacial score (nSPS) is 10.2. The van der Waals surface area contributed by atoms with Gasteiger partial charge in [-0.05, 0) is 40.2 Å². The number of nitrogens with zero attached hydrogens (tertiary/aromatic N) is 1. The lowest BCUT2D eigenvalue weighted by Crippen LogP contribution is -2.20. The van der Waals surface area contributed by atoms with E-state index in [1.165, 1.54) is 6.92 Å². The molecular formula is C14H13BrN2O2. The van der Waals surface area contributed by atoms with Crippen LogP contribution in [0.4, 0.5) is 5.69 Å². The summed E-state index contributed by atoms with van der Waals surface area (Å²) in [6, 6.07) is 10.8. The lowest BCUT2D eigenvalue weighted by Gasteiger charge is -2.09. The van der Waals surface area contributed by atoms with Gasteiger partial charge in [-0.2, -0.15) is 0 Å². The van der Waals surface area contributed by atoms with Crippen LogP contribution in [0, 0.1) is 0 Å². The zero-order valence-corrected chi connectivity index (χ0v) is 12.0. The van der Waals surface area contributed by atoms with Crippen molar-refractivity contribution in [2.75, 3.05) is 5.32 Å². The highest BCUT2D eigenvalue weighted by molar-refractivity contribution is 9.10. The molecule has 0 saturated heterocycles. The number of amides is 1. The fourth-order valence-electron chi connectivity index (χ4n) is 1.78. The number of carbonyl (C=O) groups excluding carboxylic acids is 2. The summed E-state index contributed by atoms with van der Waals surface area (Å²) in [6.07, 6.45) is 1.72. The van der Waals surface area contributed by atoms with E-state index in [4.69, 9.17) is 0 Å². The number of Topliss-reactive ketones (excluding diaryl/α,β-unsaturated/α-hetero) is 1. The first kappa shape index (κ1) is 13.5. The maximum absolute atomic E-state index is 11.9. The Morgan fingerprint density at radius 2 is 1.95 bits per heavy atom. The van der Waals surface area contributed by atoms with E-state index in [0.29, 0.717) is 11.4 Å². The van der Waals surface area contributed by atoms with Crippen molar-refractivity contribution < 1.29 is 9.59 Å². The first-order valence-electron chi connectivity index (χ1n) is 5.78. The number of hydrogen-bond acceptors (Lipinski definition) is 2. The molecule has 4 nitrogen and oxygen atoms in total. The van der Waals surface area contributed by atoms with Gasteiger partial charge in [-0.3, -0.25) is 9.59 Å². The van der Waals surface area contributed by atoms with Crippen molar-refractivity contribution in [1.29, 1.82) is 0 Å². The number of halogens is 1. The van der Waals surface area contributed by atoms with Gasteiger partial charge in [0.1, 0.15) is 6.54 Å². The number of rotatable bonds is 4. The van der Waals surface area contributed by atoms with Gasteiger partial charge in [-0.25, -0.2) is 0 Å². The van der Waals surface area contributed by atoms with E-state index in [9.17, 15) is 9.59 Å². The molecule has 0 unspecified atom stereocenters. The molecular weight excluding hydrogens is 308 g/mol. The summed E-state index contributed by atoms with van der Waals surface area (Å²) in [4.78, 5) is 23.3. The van der Waals surface area contributed by atoms with Crippen LogP contribution in [0.25, 0.3) is 0 Å². The predicted molar refractivity (Wildman–Crippen MR) is 77.2 cm³/mol. The van der Waals surface area contributed by atoms with Gasteiger partial charge >= 0.3 is 0 Å². The number of nitrogens with one attached hydrogen (secondary N) is 1. The molecule has 2 rings (SSSR count). The van der Waals surface area contributed by atoms with Gasteiger partial charge in [0.25, 0.3) is 0 Å². The number of benzene rings is 1. The van der Waals surface area contributed by atoms with E-state index in [0.717, 1.165) is 4.47 Å². The largest absolute Gasteiger partial charge is 0.336 e. The molecule has 0 radical (unpaired) electrons. The second-order valence-corrected chi connectivity index (χ2v) is 4.96. The van der Waals surface area contributed by atoms with Gasteiger partial charge in [0.2, 0.25) is 5.91 Å². The van der Waals surface area contributed by atoms with Crippen LogP contribution < -0.4 is 5.32 Å². The van der Waals surface area contributed by atoms with Gasteiger partial charge in [-0.15, -0.1) is 0 Å². The maximum Gasteiger partial charge on any atom is 0.244 e. The molecule has 0 atom stereocenters. The average Bonchev–Trinajstić information content (AvgIpc) is 2.80. The first-order valence-corrected chi connectivity index (χ1v) is 6.57. The minimum atomic E-state index is -0.175. The summed E-state index contributed by atoms with van der Waals surface area (Å²) in [5.41, 5.74) is 1.24. The summed E-state index contributed by atoms with van der Waals surface area (Å²) in [7, 11) is 0. The Kier molecular flexibility index (Phi) is 4.16. The molecule has 1 amide bonds. The van der Waals surface area contributed by atoms with Gasteiger partial charge in [0.05, 0.1) is 11.4 Å². The highest BCUT2D eigenvalue weighted by atomic mass is 79.9. The molecule has 2 aromatic rings. The first-order chi connectivity index (χ1) is 9.08. The summed E-state index contributed by atoms with van der Waals surface area (Å²) in [5, 5.41) is 2.80. The van der Waals surface area contributed by atoms with Crippen molar-refractivity contribution in [3.8, 4) is 0 Å². The molecule has 0 bridgehead atoms. The van der Waals surface area contributed by atoms with E-state index in [1.807, 2.05) is 24.3 Å². The Morgan fingerprint density at radius 3 is 2.63 bits per heavy atom. The standard InChI is InChI=1S/C14H13BrN2O2/c1-10(18)13-7-4-8-17(13)9-14(19)16-12-6-3-2-5-11(12)15/h2-8H,9H2,1H3,(H,16,19). The quantitative estimate of drug-likeness (QED) is 0.880. The lowest BCUT2D eigenvalue weighted by atomic mass is 10.3. The minimum absolute atomic E-state index is 0.0568. The van der Waals surface area contributed by atoms with E-state index < -0.39 is 0 Å². The predicted octanol–water partition coefficient (Wildman–Crippen LogP) is 3.09. The van der Waals surface area contributed by atoms with E-state index in [2.05, 4.69) is 21.2 Å². The van der Waals surface area contributed by atoms with Crippen molar-refractivity contribution in [3.63, 3.8) is 0 Å². The zero-order chi connectivity index (χ0) is 13.8. The topological polar surface area (TPSA) is 51.1 Å². The van der Waals surface area contributed by atoms with Crippen LogP contribution in [-0.4, -0.2) is 16.3 Å². The maximum atomic E-state index is 11.9. The summed E-state index contributed by atoms with van der Waals surface area (Å²) in [5.74, 6) is -0.232. The highest BCUT2D eigenvalue weighted by Gasteiger charge is 2.10. The monoisotopic (exact) mass is 320 g/mol. The van der Waals surface area contributed by atoms with Gasteiger partial charge in [-0.1, -0.05) is 12.1 Å². The van der Waals surface area contributed by atoms with Crippen LogP contribution in [0.15, 0.2) is 47.1 Å². The smallest absolute Gasteiger partial charge is 0.244 e. The second kappa shape index (κ2) is 5.84. The number of carbonyl (C=O) groups is 2. The van der Waals surface area contributed by atoms with E-state index in [1.54, 1.807) is 22.9 Å². The molecule has 0 spiro atoms. The Bertz CT molecular complexity index is 619. The van der Waals surface area contributed by atoms with Crippen molar-refractivity contribution >= 4 is 33.3 Å². The fourth-order valence-corrected chi connectivity index (χ4v) is 2.16. The van der Waals surface area contributed by atoms with Crippen LogP contribution >= 0.6 is 15.9 Å². The molecule has 98 valence electrons. The average molecular weight is 321 g/mol. The van der Waals surface area contributed by atoms with Crippen LogP contribution in [0.2, 0.25) is 0 Å². The number of ketones is 1. The third-order valence-corrected chi connectivity index (χ3v) is 3.34. The molecule has 0 aliphatic heterocycles. The molecule has 1 N–H and O–H groups in total. The molecule has 1 heterocycles. The Labute approximate surface area is 119 Å². The van der Waals surface area contributed by atoms with Crippen molar-refractivity contribution in [2.24, 2.45) is 0 Å². The Hall–Kier alpha value is -1.88. The van der Waals surface area contributed by atoms with Crippen molar-refractivity contribution in [1.82, 2.24) is 4.57 Å². The highest BCUT2D eigenvalue weighted by Crippen LogP contribution is 2.21. The van der Waals surface area contributed by atoms with Crippen LogP contribution in [0.5, 0.6) is 0 Å². The van der Waals surface area contributed by atoms with E-state index in [-0.39, 0.29) is 18.2 Å². The number of hydrogen-bond donors (Lipinski definition) is 1. The molecule has 0 saturated carbocycles. The van der Waals surface area contributed by atoms with Gasteiger partial charge in [0.15, 0.2) is 5.78 Å². The number of para-hydroxylation sites is 1. The molecule has 1 aromatic heterocycles. The Balaban J connectivity index is 2.08. The molecule has 1 aromatic carbocycles. The van der Waals surface area contributed by atoms with Crippen LogP contribution in [0.1, 0.15) is 17.4 Å². The van der Waals surface area contributed by atoms with E-state index >= 15 is 0 Å². The fraction of sp³-hybridized carbons (Fsp3) is 0.143. The molecule has 0 aliphatic carbocycles. The van der Waals surface area contributed by atoms with Crippen LogP contribution in [-0.2, 0) is 11.3 Å². The lowest BCUT2D eigenvalue weighted by molar-refractivity contribution is -0.116. The number of aromatic nitrogens is 1. The SMILES string of the molecule is CC(=O)c1cccn1CC(=O)Nc1ccccc1Br.